The van der Waals surface area contributed by atoms with Crippen molar-refractivity contribution in [1.82, 2.24) is 0 Å². The third-order valence-corrected chi connectivity index (χ3v) is 0.831. The summed E-state index contributed by atoms with van der Waals surface area (Å²) in [5.74, 6) is 0. The summed E-state index contributed by atoms with van der Waals surface area (Å²) in [4.78, 5) is 9.65. The van der Waals surface area contributed by atoms with Gasteiger partial charge in [-0.05, 0) is 6.42 Å². The zero-order valence-corrected chi connectivity index (χ0v) is 4.58. The molecule has 8 heavy (non-hydrogen) atoms. The van der Waals surface area contributed by atoms with Gasteiger partial charge in [0.1, 0.15) is 6.29 Å². The fourth-order valence-corrected chi connectivity index (χ4v) is 0.378. The van der Waals surface area contributed by atoms with Crippen LogP contribution in [0.2, 0.25) is 0 Å². The van der Waals surface area contributed by atoms with Crippen molar-refractivity contribution in [3.63, 3.8) is 0 Å². The lowest BCUT2D eigenvalue weighted by Crippen LogP contribution is -2.08. The molecule has 0 bridgehead atoms. The largest absolute Gasteiger partial charge is 0.396 e. The topological polar surface area (TPSA) is 57.5 Å². The summed E-state index contributed by atoms with van der Waals surface area (Å²) >= 11 is 0. The van der Waals surface area contributed by atoms with Crippen LogP contribution in [-0.2, 0) is 4.79 Å². The summed E-state index contributed by atoms with van der Waals surface area (Å²) < 4.78 is 0. The second kappa shape index (κ2) is 4.74. The van der Waals surface area contributed by atoms with Gasteiger partial charge in [-0.3, -0.25) is 0 Å². The molecule has 2 N–H and O–H groups in total. The molecular formula is C5H10O3. The first-order valence-electron chi connectivity index (χ1n) is 2.53. The number of hydrogen-bond acceptors (Lipinski definition) is 3. The number of carbonyl (C=O) groups is 1. The van der Waals surface area contributed by atoms with Crippen LogP contribution in [0.3, 0.4) is 0 Å². The average molecular weight is 118 g/mol. The standard InChI is InChI=1S/C5H10O3/c6-3-1-5(8)2-4-7/h3,5,7-8H,1-2,4H2/t5-/m1/s1. The fourth-order valence-electron chi connectivity index (χ4n) is 0.378. The first kappa shape index (κ1) is 7.59. The highest BCUT2D eigenvalue weighted by Gasteiger charge is 1.99. The SMILES string of the molecule is O=CC[C@@H](O)CCO. The van der Waals surface area contributed by atoms with E-state index in [1.165, 1.54) is 0 Å². The molecule has 3 heteroatoms. The van der Waals surface area contributed by atoms with E-state index in [0.717, 1.165) is 0 Å². The molecule has 0 aliphatic rings. The van der Waals surface area contributed by atoms with E-state index < -0.39 is 6.10 Å². The number of rotatable bonds is 4. The van der Waals surface area contributed by atoms with Crippen molar-refractivity contribution in [3.05, 3.63) is 0 Å². The molecule has 0 aliphatic heterocycles. The van der Waals surface area contributed by atoms with Crippen molar-refractivity contribution in [2.24, 2.45) is 0 Å². The van der Waals surface area contributed by atoms with E-state index in [4.69, 9.17) is 10.2 Å². The monoisotopic (exact) mass is 118 g/mol. The average Bonchev–Trinajstić information content (AvgIpc) is 1.68. The number of aldehydes is 1. The van der Waals surface area contributed by atoms with E-state index in [1.54, 1.807) is 0 Å². The molecule has 0 radical (unpaired) electrons. The minimum atomic E-state index is -0.655. The first-order chi connectivity index (χ1) is 3.81. The van der Waals surface area contributed by atoms with E-state index in [1.807, 2.05) is 0 Å². The lowest BCUT2D eigenvalue weighted by molar-refractivity contribution is -0.109. The van der Waals surface area contributed by atoms with Gasteiger partial charge in [-0.15, -0.1) is 0 Å². The highest BCUT2D eigenvalue weighted by atomic mass is 16.3. The van der Waals surface area contributed by atoms with E-state index in [2.05, 4.69) is 0 Å². The molecule has 0 amide bonds. The van der Waals surface area contributed by atoms with Crippen LogP contribution >= 0.6 is 0 Å². The molecule has 0 spiro atoms. The summed E-state index contributed by atoms with van der Waals surface area (Å²) in [6.45, 7) is -0.0605. The Morgan fingerprint density at radius 3 is 2.62 bits per heavy atom. The summed E-state index contributed by atoms with van der Waals surface area (Å²) in [5, 5.41) is 16.8. The summed E-state index contributed by atoms with van der Waals surface area (Å²) in [6.07, 6.45) is 0.400. The Morgan fingerprint density at radius 1 is 1.62 bits per heavy atom. The third kappa shape index (κ3) is 3.77. The second-order valence-corrected chi connectivity index (χ2v) is 1.57. The van der Waals surface area contributed by atoms with Gasteiger partial charge < -0.3 is 15.0 Å². The van der Waals surface area contributed by atoms with Gasteiger partial charge in [-0.1, -0.05) is 0 Å². The van der Waals surface area contributed by atoms with Crippen LogP contribution < -0.4 is 0 Å². The van der Waals surface area contributed by atoms with Crippen molar-refractivity contribution in [1.29, 1.82) is 0 Å². The van der Waals surface area contributed by atoms with E-state index in [-0.39, 0.29) is 13.0 Å². The molecule has 0 aromatic heterocycles. The summed E-state index contributed by atoms with van der Waals surface area (Å²) in [5.41, 5.74) is 0. The van der Waals surface area contributed by atoms with Gasteiger partial charge in [0.2, 0.25) is 0 Å². The quantitative estimate of drug-likeness (QED) is 0.481. The van der Waals surface area contributed by atoms with Crippen LogP contribution in [0.4, 0.5) is 0 Å². The molecule has 0 fully saturated rings. The predicted octanol–water partition coefficient (Wildman–Crippen LogP) is -0.681. The zero-order valence-electron chi connectivity index (χ0n) is 4.58. The molecule has 0 heterocycles. The minimum Gasteiger partial charge on any atom is -0.396 e. The van der Waals surface area contributed by atoms with Gasteiger partial charge >= 0.3 is 0 Å². The van der Waals surface area contributed by atoms with Crippen LogP contribution in [0.25, 0.3) is 0 Å². The van der Waals surface area contributed by atoms with Gasteiger partial charge in [0.05, 0.1) is 6.10 Å². The smallest absolute Gasteiger partial charge is 0.122 e. The van der Waals surface area contributed by atoms with Gasteiger partial charge in [0.25, 0.3) is 0 Å². The lowest BCUT2D eigenvalue weighted by atomic mass is 10.2. The number of carbonyl (C=O) groups excluding carboxylic acids is 1. The molecule has 3 nitrogen and oxygen atoms in total. The first-order valence-corrected chi connectivity index (χ1v) is 2.53. The molecule has 0 rings (SSSR count). The summed E-state index contributed by atoms with van der Waals surface area (Å²) in [6, 6.07) is 0. The molecular weight excluding hydrogens is 108 g/mol. The van der Waals surface area contributed by atoms with Crippen LogP contribution in [0.5, 0.6) is 0 Å². The Bertz CT molecular complexity index is 62.7. The van der Waals surface area contributed by atoms with Crippen molar-refractivity contribution in [2.45, 2.75) is 18.9 Å². The second-order valence-electron chi connectivity index (χ2n) is 1.57. The number of aliphatic hydroxyl groups excluding tert-OH is 2. The van der Waals surface area contributed by atoms with E-state index in [9.17, 15) is 4.79 Å². The van der Waals surface area contributed by atoms with Crippen LogP contribution in [0.1, 0.15) is 12.8 Å². The molecule has 0 aromatic carbocycles. The molecule has 0 saturated carbocycles. The van der Waals surface area contributed by atoms with Crippen LogP contribution in [-0.4, -0.2) is 29.2 Å². The Balaban J connectivity index is 3.03. The van der Waals surface area contributed by atoms with Crippen LogP contribution in [0, 0.1) is 0 Å². The highest BCUT2D eigenvalue weighted by molar-refractivity contribution is 5.49. The molecule has 0 unspecified atom stereocenters. The molecule has 0 saturated heterocycles. The lowest BCUT2D eigenvalue weighted by Gasteiger charge is -2.00. The van der Waals surface area contributed by atoms with Crippen molar-refractivity contribution in [2.75, 3.05) is 6.61 Å². The molecule has 0 aromatic rings. The molecule has 0 aliphatic carbocycles. The maximum atomic E-state index is 9.65. The van der Waals surface area contributed by atoms with Gasteiger partial charge in [0.15, 0.2) is 0 Å². The van der Waals surface area contributed by atoms with Gasteiger partial charge in [-0.25, -0.2) is 0 Å². The Kier molecular flexibility index (Phi) is 4.50. The fraction of sp³-hybridized carbons (Fsp3) is 0.800. The Hall–Kier alpha value is -0.410. The van der Waals surface area contributed by atoms with Crippen molar-refractivity contribution < 1.29 is 15.0 Å². The van der Waals surface area contributed by atoms with E-state index >= 15 is 0 Å². The predicted molar refractivity (Wildman–Crippen MR) is 28.4 cm³/mol. The molecule has 1 atom stereocenters. The van der Waals surface area contributed by atoms with Crippen molar-refractivity contribution >= 4 is 6.29 Å². The van der Waals surface area contributed by atoms with Gasteiger partial charge in [-0.2, -0.15) is 0 Å². The summed E-state index contributed by atoms with van der Waals surface area (Å²) in [7, 11) is 0. The normalized spacial score (nSPS) is 13.2. The Morgan fingerprint density at radius 2 is 2.25 bits per heavy atom. The number of hydrogen-bond donors (Lipinski definition) is 2. The minimum absolute atomic E-state index is 0.0605. The maximum Gasteiger partial charge on any atom is 0.122 e. The van der Waals surface area contributed by atoms with E-state index in [0.29, 0.717) is 12.7 Å². The van der Waals surface area contributed by atoms with Crippen molar-refractivity contribution in [3.8, 4) is 0 Å². The maximum absolute atomic E-state index is 9.65. The highest BCUT2D eigenvalue weighted by Crippen LogP contribution is 1.91. The third-order valence-electron chi connectivity index (χ3n) is 0.831. The zero-order chi connectivity index (χ0) is 6.41. The van der Waals surface area contributed by atoms with Gasteiger partial charge in [0, 0.05) is 13.0 Å². The molecule has 48 valence electrons. The Labute approximate surface area is 47.9 Å². The van der Waals surface area contributed by atoms with Crippen LogP contribution in [0.15, 0.2) is 0 Å². The number of aliphatic hydroxyl groups is 2.